The number of anilines is 1. The van der Waals surface area contributed by atoms with Crippen LogP contribution in [0.15, 0.2) is 48.5 Å². The van der Waals surface area contributed by atoms with Crippen LogP contribution in [0.25, 0.3) is 0 Å². The van der Waals surface area contributed by atoms with Gasteiger partial charge in [0.2, 0.25) is 11.8 Å². The Morgan fingerprint density at radius 1 is 1.03 bits per heavy atom. The third kappa shape index (κ3) is 8.28. The molecule has 0 aliphatic heterocycles. The number of ether oxygens (including phenoxy) is 1. The molecule has 0 aromatic heterocycles. The van der Waals surface area contributed by atoms with Crippen LogP contribution < -0.4 is 26.4 Å². The number of nitrogens with two attached hydrogens (primary N) is 1. The normalized spacial score (nSPS) is 15.6. The van der Waals surface area contributed by atoms with Crippen LogP contribution in [0, 0.1) is 5.41 Å². The van der Waals surface area contributed by atoms with Crippen LogP contribution >= 0.6 is 0 Å². The van der Waals surface area contributed by atoms with Gasteiger partial charge in [-0.25, -0.2) is 4.79 Å². The van der Waals surface area contributed by atoms with Crippen LogP contribution in [0.4, 0.5) is 5.69 Å². The van der Waals surface area contributed by atoms with Crippen molar-refractivity contribution in [3.63, 3.8) is 0 Å². The maximum absolute atomic E-state index is 13.2. The number of carbonyl (C=O) groups excluding carboxylic acids is 3. The lowest BCUT2D eigenvalue weighted by molar-refractivity contribution is -0.144. The van der Waals surface area contributed by atoms with Gasteiger partial charge in [0, 0.05) is 37.7 Å². The minimum atomic E-state index is -1.11. The molecule has 2 aromatic carbocycles. The Balaban J connectivity index is 1.55. The third-order valence-electron chi connectivity index (χ3n) is 7.25. The van der Waals surface area contributed by atoms with E-state index in [0.717, 1.165) is 24.1 Å². The lowest BCUT2D eigenvalue weighted by atomic mass is 9.81. The van der Waals surface area contributed by atoms with E-state index < -0.39 is 23.5 Å². The van der Waals surface area contributed by atoms with Gasteiger partial charge in [0.1, 0.15) is 11.8 Å². The van der Waals surface area contributed by atoms with Crippen LogP contribution in [-0.4, -0.2) is 61.0 Å². The molecular weight excluding hydrogens is 500 g/mol. The van der Waals surface area contributed by atoms with Crippen molar-refractivity contribution in [3.8, 4) is 5.75 Å². The number of benzene rings is 2. The first kappa shape index (κ1) is 29.6. The molecule has 1 aliphatic carbocycles. The summed E-state index contributed by atoms with van der Waals surface area (Å²) in [5.41, 5.74) is 7.39. The van der Waals surface area contributed by atoms with E-state index in [1.165, 1.54) is 6.92 Å². The smallest absolute Gasteiger partial charge is 0.326 e. The maximum Gasteiger partial charge on any atom is 0.326 e. The molecule has 1 aliphatic rings. The van der Waals surface area contributed by atoms with Gasteiger partial charge in [-0.1, -0.05) is 25.0 Å². The summed E-state index contributed by atoms with van der Waals surface area (Å²) in [6.45, 7) is 2.03. The molecule has 1 fully saturated rings. The van der Waals surface area contributed by atoms with Crippen LogP contribution in [0.1, 0.15) is 54.9 Å². The van der Waals surface area contributed by atoms with Crippen molar-refractivity contribution in [2.24, 2.45) is 11.1 Å². The fourth-order valence-electron chi connectivity index (χ4n) is 4.92. The zero-order valence-electron chi connectivity index (χ0n) is 22.5. The average molecular weight is 539 g/mol. The number of nitrogens with one attached hydrogen (secondary N) is 3. The highest BCUT2D eigenvalue weighted by Gasteiger charge is 2.42. The van der Waals surface area contributed by atoms with Gasteiger partial charge in [-0.2, -0.15) is 0 Å². The molecule has 2 atom stereocenters. The molecule has 0 bridgehead atoms. The number of aliphatic carboxylic acids is 1. The predicted molar refractivity (Wildman–Crippen MR) is 148 cm³/mol. The summed E-state index contributed by atoms with van der Waals surface area (Å²) in [7, 11) is 1.56. The number of carbonyl (C=O) groups is 4. The Hall–Kier alpha value is -3.92. The minimum absolute atomic E-state index is 0.124. The fraction of sp³-hybridized carbons (Fsp3) is 0.448. The van der Waals surface area contributed by atoms with Crippen molar-refractivity contribution in [2.75, 3.05) is 25.5 Å². The standard InChI is InChI=1S/C29H38N4O6/c1-19(34)31-16-15-29(13-3-4-14-29)28(38)33-25(27(36)37)17-20-5-9-22(10-6-20)32-18-24(30)26(35)21-7-11-23(39-2)12-8-21/h5-12,24-25,32H,3-4,13-18,30H2,1-2H3,(H,31,34)(H,33,38)(H,36,37)/t24-,25+/m1/s1. The van der Waals surface area contributed by atoms with Crippen LogP contribution in [-0.2, 0) is 20.8 Å². The first-order valence-electron chi connectivity index (χ1n) is 13.2. The highest BCUT2D eigenvalue weighted by Crippen LogP contribution is 2.41. The first-order chi connectivity index (χ1) is 18.6. The molecule has 2 amide bonds. The Morgan fingerprint density at radius 2 is 1.67 bits per heavy atom. The number of ketones is 1. The van der Waals surface area contributed by atoms with Gasteiger partial charge in [0.25, 0.3) is 0 Å². The van der Waals surface area contributed by atoms with Crippen molar-refractivity contribution >= 4 is 29.3 Å². The largest absolute Gasteiger partial charge is 0.497 e. The van der Waals surface area contributed by atoms with Gasteiger partial charge in [0.05, 0.1) is 18.6 Å². The van der Waals surface area contributed by atoms with Gasteiger partial charge in [-0.05, 0) is 61.2 Å². The molecule has 2 aromatic rings. The summed E-state index contributed by atoms with van der Waals surface area (Å²) in [6.07, 6.45) is 3.75. The molecule has 6 N–H and O–H groups in total. The molecular formula is C29H38N4O6. The molecule has 10 nitrogen and oxygen atoms in total. The minimum Gasteiger partial charge on any atom is -0.497 e. The highest BCUT2D eigenvalue weighted by molar-refractivity contribution is 6.00. The third-order valence-corrected chi connectivity index (χ3v) is 7.25. The summed E-state index contributed by atoms with van der Waals surface area (Å²) in [5, 5.41) is 18.4. The van der Waals surface area contributed by atoms with Crippen molar-refractivity contribution in [3.05, 3.63) is 59.7 Å². The summed E-state index contributed by atoms with van der Waals surface area (Å²) in [6, 6.07) is 12.1. The van der Waals surface area contributed by atoms with E-state index in [0.29, 0.717) is 37.1 Å². The summed E-state index contributed by atoms with van der Waals surface area (Å²) in [5.74, 6) is -1.08. The Kier molecular flexibility index (Phi) is 10.4. The Bertz CT molecular complexity index is 1140. The molecule has 0 unspecified atom stereocenters. The summed E-state index contributed by atoms with van der Waals surface area (Å²) < 4.78 is 5.11. The Labute approximate surface area is 228 Å². The monoisotopic (exact) mass is 538 g/mol. The van der Waals surface area contributed by atoms with Crippen molar-refractivity contribution in [1.29, 1.82) is 0 Å². The van der Waals surface area contributed by atoms with Crippen LogP contribution in [0.2, 0.25) is 0 Å². The average Bonchev–Trinajstić information content (AvgIpc) is 3.41. The van der Waals surface area contributed by atoms with Gasteiger partial charge < -0.3 is 31.5 Å². The SMILES string of the molecule is COc1ccc(C(=O)[C@H](N)CNc2ccc(C[C@H](NC(=O)C3(CCNC(C)=O)CCCC3)C(=O)O)cc2)cc1. The molecule has 3 rings (SSSR count). The Morgan fingerprint density at radius 3 is 2.23 bits per heavy atom. The number of hydrogen-bond acceptors (Lipinski definition) is 7. The van der Waals surface area contributed by atoms with Crippen molar-refractivity contribution < 1.29 is 29.0 Å². The molecule has 39 heavy (non-hydrogen) atoms. The van der Waals surface area contributed by atoms with Crippen LogP contribution in [0.5, 0.6) is 5.75 Å². The summed E-state index contributed by atoms with van der Waals surface area (Å²) in [4.78, 5) is 49.0. The molecule has 1 saturated carbocycles. The van der Waals surface area contributed by atoms with Crippen molar-refractivity contribution in [1.82, 2.24) is 10.6 Å². The fourth-order valence-corrected chi connectivity index (χ4v) is 4.92. The molecule has 0 heterocycles. The maximum atomic E-state index is 13.2. The van der Waals surface area contributed by atoms with E-state index in [1.807, 2.05) is 0 Å². The number of rotatable bonds is 14. The molecule has 0 spiro atoms. The lowest BCUT2D eigenvalue weighted by Gasteiger charge is -2.29. The van der Waals surface area contributed by atoms with Gasteiger partial charge >= 0.3 is 5.97 Å². The van der Waals surface area contributed by atoms with E-state index in [2.05, 4.69) is 16.0 Å². The summed E-state index contributed by atoms with van der Waals surface area (Å²) >= 11 is 0. The number of hydrogen-bond donors (Lipinski definition) is 5. The van der Waals surface area contributed by atoms with E-state index in [4.69, 9.17) is 10.5 Å². The number of carboxylic acids is 1. The quantitative estimate of drug-likeness (QED) is 0.229. The second kappa shape index (κ2) is 13.7. The van der Waals surface area contributed by atoms with E-state index >= 15 is 0 Å². The predicted octanol–water partition coefficient (Wildman–Crippen LogP) is 2.52. The lowest BCUT2D eigenvalue weighted by Crippen LogP contribution is -2.49. The topological polar surface area (TPSA) is 160 Å². The van der Waals surface area contributed by atoms with Gasteiger partial charge in [-0.3, -0.25) is 14.4 Å². The first-order valence-corrected chi connectivity index (χ1v) is 13.2. The number of methoxy groups -OCH3 is 1. The van der Waals surface area contributed by atoms with Gasteiger partial charge in [-0.15, -0.1) is 0 Å². The zero-order chi connectivity index (χ0) is 28.4. The second-order valence-electron chi connectivity index (χ2n) is 10.1. The molecule has 0 saturated heterocycles. The molecule has 210 valence electrons. The van der Waals surface area contributed by atoms with Gasteiger partial charge in [0.15, 0.2) is 5.78 Å². The second-order valence-corrected chi connectivity index (χ2v) is 10.1. The molecule has 10 heteroatoms. The zero-order valence-corrected chi connectivity index (χ0v) is 22.5. The number of Topliss-reactive ketones (excluding diaryl/α,β-unsaturated/α-hetero) is 1. The highest BCUT2D eigenvalue weighted by atomic mass is 16.5. The van der Waals surface area contributed by atoms with Crippen molar-refractivity contribution in [2.45, 2.75) is 57.5 Å². The molecule has 0 radical (unpaired) electrons. The van der Waals surface area contributed by atoms with Crippen LogP contribution in [0.3, 0.4) is 0 Å². The van der Waals surface area contributed by atoms with E-state index in [-0.39, 0.29) is 30.6 Å². The number of amides is 2. The van der Waals surface area contributed by atoms with E-state index in [9.17, 15) is 24.3 Å². The van der Waals surface area contributed by atoms with E-state index in [1.54, 1.807) is 55.6 Å². The number of carboxylic acid groups (broad SMARTS) is 1.